The summed E-state index contributed by atoms with van der Waals surface area (Å²) < 4.78 is 0. The van der Waals surface area contributed by atoms with Crippen molar-refractivity contribution >= 4 is 0 Å². The fraction of sp³-hybridized carbons (Fsp3) is 0.538. The molecule has 0 aliphatic heterocycles. The summed E-state index contributed by atoms with van der Waals surface area (Å²) in [5.74, 6) is 0. The zero-order chi connectivity index (χ0) is 10.4. The Hall–Kier alpha value is -0.820. The molecular weight excluding hydrogens is 172 g/mol. The molecule has 0 atom stereocenters. The van der Waals surface area contributed by atoms with Gasteiger partial charge >= 0.3 is 0 Å². The molecule has 78 valence electrons. The van der Waals surface area contributed by atoms with Crippen molar-refractivity contribution in [1.82, 2.24) is 0 Å². The van der Waals surface area contributed by atoms with E-state index in [1.54, 1.807) is 0 Å². The Bertz CT molecular complexity index is 279. The highest BCUT2D eigenvalue weighted by atomic mass is 16.3. The first-order valence-electron chi connectivity index (χ1n) is 5.61. The van der Waals surface area contributed by atoms with Gasteiger partial charge in [0.2, 0.25) is 0 Å². The highest BCUT2D eigenvalue weighted by Gasteiger charge is 2.08. The summed E-state index contributed by atoms with van der Waals surface area (Å²) in [6.07, 6.45) is 5.05. The molecule has 1 aliphatic carbocycles. The molecule has 0 spiro atoms. The van der Waals surface area contributed by atoms with Crippen LogP contribution >= 0.6 is 0 Å². The van der Waals surface area contributed by atoms with Crippen molar-refractivity contribution < 1.29 is 5.11 Å². The fourth-order valence-electron chi connectivity index (χ4n) is 1.89. The lowest BCUT2D eigenvalue weighted by molar-refractivity contribution is 0.281. The summed E-state index contributed by atoms with van der Waals surface area (Å²) in [7, 11) is 0. The summed E-state index contributed by atoms with van der Waals surface area (Å²) in [6.45, 7) is 4.17. The maximum atomic E-state index is 8.94. The molecule has 0 saturated heterocycles. The Morgan fingerprint density at radius 1 is 1.07 bits per heavy atom. The van der Waals surface area contributed by atoms with Crippen molar-refractivity contribution in [3.8, 4) is 0 Å². The average Bonchev–Trinajstić information content (AvgIpc) is 2.31. The number of aryl methyl sites for hydroxylation is 2. The Kier molecular flexibility index (Phi) is 4.68. The molecule has 1 nitrogen and oxygen atoms in total. The van der Waals surface area contributed by atoms with Crippen molar-refractivity contribution in [2.45, 2.75) is 46.1 Å². The second kappa shape index (κ2) is 5.82. The Morgan fingerprint density at radius 2 is 1.71 bits per heavy atom. The van der Waals surface area contributed by atoms with E-state index in [0.29, 0.717) is 0 Å². The van der Waals surface area contributed by atoms with Crippen molar-refractivity contribution in [2.75, 3.05) is 0 Å². The lowest BCUT2D eigenvalue weighted by atomic mass is 9.90. The van der Waals surface area contributed by atoms with E-state index < -0.39 is 0 Å². The largest absolute Gasteiger partial charge is 0.392 e. The molecule has 0 radical (unpaired) electrons. The molecule has 0 saturated carbocycles. The molecule has 0 amide bonds. The number of rotatable bonds is 1. The van der Waals surface area contributed by atoms with Gasteiger partial charge in [-0.15, -0.1) is 0 Å². The van der Waals surface area contributed by atoms with Crippen LogP contribution in [0.2, 0.25) is 0 Å². The number of hydrogen-bond donors (Lipinski definition) is 1. The third-order valence-corrected chi connectivity index (χ3v) is 2.60. The summed E-state index contributed by atoms with van der Waals surface area (Å²) in [4.78, 5) is 0. The maximum Gasteiger partial charge on any atom is 0.0681 e. The standard InChI is InChI=1S/C11H14O.C2H6/c12-8-9-5-6-10-3-1-2-4-11(10)7-9;1-2/h5-7,12H,1-4,8H2;1-2H3. The summed E-state index contributed by atoms with van der Waals surface area (Å²) in [5, 5.41) is 8.94. The Balaban J connectivity index is 0.000000461. The van der Waals surface area contributed by atoms with E-state index in [1.165, 1.54) is 36.8 Å². The minimum atomic E-state index is 0.174. The number of fused-ring (bicyclic) bond motifs is 1. The second-order valence-corrected chi connectivity index (χ2v) is 3.47. The second-order valence-electron chi connectivity index (χ2n) is 3.47. The average molecular weight is 192 g/mol. The van der Waals surface area contributed by atoms with E-state index in [0.717, 1.165) is 5.56 Å². The van der Waals surface area contributed by atoms with E-state index in [4.69, 9.17) is 5.11 Å². The highest BCUT2D eigenvalue weighted by Crippen LogP contribution is 2.21. The van der Waals surface area contributed by atoms with Crippen LogP contribution in [0.15, 0.2) is 18.2 Å². The Morgan fingerprint density at radius 3 is 2.36 bits per heavy atom. The van der Waals surface area contributed by atoms with Crippen LogP contribution in [0, 0.1) is 0 Å². The minimum absolute atomic E-state index is 0.174. The van der Waals surface area contributed by atoms with Gasteiger partial charge < -0.3 is 5.11 Å². The lowest BCUT2D eigenvalue weighted by Crippen LogP contribution is -2.02. The number of aliphatic hydroxyl groups is 1. The highest BCUT2D eigenvalue weighted by molar-refractivity contribution is 5.33. The minimum Gasteiger partial charge on any atom is -0.392 e. The van der Waals surface area contributed by atoms with Gasteiger partial charge in [0.05, 0.1) is 6.61 Å². The molecule has 0 aromatic heterocycles. The molecule has 1 aliphatic rings. The summed E-state index contributed by atoms with van der Waals surface area (Å²) >= 11 is 0. The molecule has 0 unspecified atom stereocenters. The van der Waals surface area contributed by atoms with Crippen LogP contribution in [0.5, 0.6) is 0 Å². The van der Waals surface area contributed by atoms with Gasteiger partial charge in [-0.2, -0.15) is 0 Å². The van der Waals surface area contributed by atoms with Crippen molar-refractivity contribution in [3.63, 3.8) is 0 Å². The van der Waals surface area contributed by atoms with Crippen LogP contribution in [-0.4, -0.2) is 5.11 Å². The third-order valence-electron chi connectivity index (χ3n) is 2.60. The first-order chi connectivity index (χ1) is 6.90. The number of hydrogen-bond acceptors (Lipinski definition) is 1. The van der Waals surface area contributed by atoms with E-state index in [9.17, 15) is 0 Å². The van der Waals surface area contributed by atoms with Gasteiger partial charge in [0, 0.05) is 0 Å². The van der Waals surface area contributed by atoms with Gasteiger partial charge in [0.15, 0.2) is 0 Å². The fourth-order valence-corrected chi connectivity index (χ4v) is 1.89. The van der Waals surface area contributed by atoms with Crippen LogP contribution in [0.25, 0.3) is 0 Å². The van der Waals surface area contributed by atoms with Crippen molar-refractivity contribution in [1.29, 1.82) is 0 Å². The van der Waals surface area contributed by atoms with Crippen LogP contribution in [0.1, 0.15) is 43.4 Å². The van der Waals surface area contributed by atoms with Crippen LogP contribution in [0.4, 0.5) is 0 Å². The first kappa shape index (κ1) is 11.3. The van der Waals surface area contributed by atoms with Gasteiger partial charge in [0.25, 0.3) is 0 Å². The number of benzene rings is 1. The summed E-state index contributed by atoms with van der Waals surface area (Å²) in [5.41, 5.74) is 3.99. The normalized spacial score (nSPS) is 13.9. The van der Waals surface area contributed by atoms with Crippen molar-refractivity contribution in [2.24, 2.45) is 0 Å². The molecule has 0 bridgehead atoms. The maximum absolute atomic E-state index is 8.94. The molecule has 1 N–H and O–H groups in total. The predicted octanol–water partition coefficient (Wildman–Crippen LogP) is 3.08. The quantitative estimate of drug-likeness (QED) is 0.725. The molecule has 14 heavy (non-hydrogen) atoms. The van der Waals surface area contributed by atoms with Gasteiger partial charge in [-0.3, -0.25) is 0 Å². The van der Waals surface area contributed by atoms with E-state index in [1.807, 2.05) is 19.9 Å². The van der Waals surface area contributed by atoms with Crippen molar-refractivity contribution in [3.05, 3.63) is 34.9 Å². The van der Waals surface area contributed by atoms with Crippen LogP contribution in [0.3, 0.4) is 0 Å². The SMILES string of the molecule is CC.OCc1ccc2c(c1)CCCC2. The molecule has 0 heterocycles. The zero-order valence-electron chi connectivity index (χ0n) is 9.21. The molecule has 1 aromatic rings. The molecular formula is C13H20O. The predicted molar refractivity (Wildman–Crippen MR) is 60.4 cm³/mol. The lowest BCUT2D eigenvalue weighted by Gasteiger charge is -2.15. The van der Waals surface area contributed by atoms with E-state index in [2.05, 4.69) is 12.1 Å². The van der Waals surface area contributed by atoms with Crippen LogP contribution < -0.4 is 0 Å². The number of aliphatic hydroxyl groups excluding tert-OH is 1. The molecule has 2 rings (SSSR count). The van der Waals surface area contributed by atoms with Gasteiger partial charge in [-0.25, -0.2) is 0 Å². The van der Waals surface area contributed by atoms with Gasteiger partial charge in [-0.1, -0.05) is 32.0 Å². The topological polar surface area (TPSA) is 20.2 Å². The Labute approximate surface area is 86.8 Å². The van der Waals surface area contributed by atoms with E-state index >= 15 is 0 Å². The summed E-state index contributed by atoms with van der Waals surface area (Å²) in [6, 6.07) is 6.35. The monoisotopic (exact) mass is 192 g/mol. The van der Waals surface area contributed by atoms with Gasteiger partial charge in [0.1, 0.15) is 0 Å². The first-order valence-corrected chi connectivity index (χ1v) is 5.61. The molecule has 0 fully saturated rings. The van der Waals surface area contributed by atoms with E-state index in [-0.39, 0.29) is 6.61 Å². The molecule has 1 aromatic carbocycles. The third kappa shape index (κ3) is 2.58. The van der Waals surface area contributed by atoms with Gasteiger partial charge in [-0.05, 0) is 42.4 Å². The molecule has 1 heteroatoms. The van der Waals surface area contributed by atoms with Crippen LogP contribution in [-0.2, 0) is 19.4 Å². The smallest absolute Gasteiger partial charge is 0.0681 e. The zero-order valence-corrected chi connectivity index (χ0v) is 9.21.